The molecule has 20 heavy (non-hydrogen) atoms. The highest BCUT2D eigenvalue weighted by molar-refractivity contribution is 8.01. The predicted molar refractivity (Wildman–Crippen MR) is 86.9 cm³/mol. The van der Waals surface area contributed by atoms with Gasteiger partial charge in [0, 0.05) is 35.9 Å². The highest BCUT2D eigenvalue weighted by Crippen LogP contribution is 2.26. The van der Waals surface area contributed by atoms with Gasteiger partial charge in [0.2, 0.25) is 0 Å². The lowest BCUT2D eigenvalue weighted by Gasteiger charge is -2.41. The Balaban J connectivity index is 1.98. The van der Waals surface area contributed by atoms with E-state index < -0.39 is 9.84 Å². The molecule has 1 heterocycles. The zero-order valence-corrected chi connectivity index (χ0v) is 14.5. The Morgan fingerprint density at radius 3 is 2.65 bits per heavy atom. The zero-order valence-electron chi connectivity index (χ0n) is 12.8. The van der Waals surface area contributed by atoms with Crippen LogP contribution in [0.5, 0.6) is 0 Å². The van der Waals surface area contributed by atoms with E-state index in [1.54, 1.807) is 18.7 Å². The fraction of sp³-hybridized carbons (Fsp3) is 1.00. The minimum atomic E-state index is -2.98. The van der Waals surface area contributed by atoms with Gasteiger partial charge in [0.05, 0.1) is 0 Å². The van der Waals surface area contributed by atoms with Crippen LogP contribution < -0.4 is 5.32 Å². The van der Waals surface area contributed by atoms with Crippen molar-refractivity contribution in [3.8, 4) is 0 Å². The van der Waals surface area contributed by atoms with Crippen LogP contribution in [0.3, 0.4) is 0 Å². The SMILES string of the molecule is CCS(=O)(=O)C1CSCCN1C(C)C(C)CNC1CC1. The number of hydrogen-bond acceptors (Lipinski definition) is 5. The van der Waals surface area contributed by atoms with Crippen LogP contribution in [0.1, 0.15) is 33.6 Å². The predicted octanol–water partition coefficient (Wildman–Crippen LogP) is 1.57. The maximum Gasteiger partial charge on any atom is 0.166 e. The summed E-state index contributed by atoms with van der Waals surface area (Å²) in [7, 11) is -2.98. The molecule has 0 bridgehead atoms. The number of nitrogens with one attached hydrogen (secondary N) is 1. The number of sulfone groups is 1. The summed E-state index contributed by atoms with van der Waals surface area (Å²) in [6.45, 7) is 8.07. The van der Waals surface area contributed by atoms with Crippen LogP contribution in [0.15, 0.2) is 0 Å². The molecule has 0 amide bonds. The molecule has 2 rings (SSSR count). The van der Waals surface area contributed by atoms with Crippen LogP contribution in [0, 0.1) is 5.92 Å². The van der Waals surface area contributed by atoms with Crippen molar-refractivity contribution in [3.05, 3.63) is 0 Å². The fourth-order valence-corrected chi connectivity index (χ4v) is 5.81. The fourth-order valence-electron chi connectivity index (χ4n) is 2.70. The molecule has 1 N–H and O–H groups in total. The summed E-state index contributed by atoms with van der Waals surface area (Å²) in [4.78, 5) is 2.23. The number of hydrogen-bond donors (Lipinski definition) is 1. The first-order valence-corrected chi connectivity index (χ1v) is 10.6. The molecule has 6 heteroatoms. The van der Waals surface area contributed by atoms with Gasteiger partial charge in [-0.1, -0.05) is 13.8 Å². The molecule has 1 saturated carbocycles. The molecule has 0 radical (unpaired) electrons. The van der Waals surface area contributed by atoms with E-state index in [9.17, 15) is 8.42 Å². The monoisotopic (exact) mass is 320 g/mol. The van der Waals surface area contributed by atoms with Crippen molar-refractivity contribution >= 4 is 21.6 Å². The first-order valence-electron chi connectivity index (χ1n) is 7.74. The number of rotatable bonds is 7. The molecule has 0 aromatic heterocycles. The minimum Gasteiger partial charge on any atom is -0.314 e. The number of nitrogens with zero attached hydrogens (tertiary/aromatic N) is 1. The summed E-state index contributed by atoms with van der Waals surface area (Å²) in [6, 6.07) is 1.03. The van der Waals surface area contributed by atoms with Crippen LogP contribution in [0.2, 0.25) is 0 Å². The van der Waals surface area contributed by atoms with E-state index in [4.69, 9.17) is 0 Å². The first kappa shape index (κ1) is 16.6. The van der Waals surface area contributed by atoms with Crippen LogP contribution >= 0.6 is 11.8 Å². The Hall–Kier alpha value is 0.220. The largest absolute Gasteiger partial charge is 0.314 e. The van der Waals surface area contributed by atoms with Gasteiger partial charge in [-0.25, -0.2) is 8.42 Å². The Morgan fingerprint density at radius 1 is 1.35 bits per heavy atom. The Labute approximate surface area is 128 Å². The highest BCUT2D eigenvalue weighted by atomic mass is 32.2. The summed E-state index contributed by atoms with van der Waals surface area (Å²) >= 11 is 1.77. The van der Waals surface area contributed by atoms with Crippen molar-refractivity contribution in [2.24, 2.45) is 5.92 Å². The van der Waals surface area contributed by atoms with Gasteiger partial charge in [-0.15, -0.1) is 0 Å². The topological polar surface area (TPSA) is 49.4 Å². The third-order valence-electron chi connectivity index (χ3n) is 4.59. The molecule has 3 unspecified atom stereocenters. The van der Waals surface area contributed by atoms with E-state index in [1.807, 2.05) is 0 Å². The normalized spacial score (nSPS) is 28.2. The highest BCUT2D eigenvalue weighted by Gasteiger charge is 2.37. The zero-order chi connectivity index (χ0) is 14.8. The molecule has 2 fully saturated rings. The third kappa shape index (κ3) is 4.12. The molecule has 0 aromatic rings. The van der Waals surface area contributed by atoms with Crippen LogP contribution in [-0.4, -0.2) is 61.1 Å². The third-order valence-corrected chi connectivity index (χ3v) is 7.90. The van der Waals surface area contributed by atoms with Crippen molar-refractivity contribution in [2.45, 2.75) is 51.1 Å². The van der Waals surface area contributed by atoms with Crippen molar-refractivity contribution < 1.29 is 8.42 Å². The summed E-state index contributed by atoms with van der Waals surface area (Å²) in [5.41, 5.74) is 0. The van der Waals surface area contributed by atoms with Gasteiger partial charge in [0.1, 0.15) is 5.37 Å². The van der Waals surface area contributed by atoms with Gasteiger partial charge in [-0.3, -0.25) is 4.90 Å². The van der Waals surface area contributed by atoms with Gasteiger partial charge in [-0.05, 0) is 32.2 Å². The van der Waals surface area contributed by atoms with Gasteiger partial charge in [0.15, 0.2) is 9.84 Å². The van der Waals surface area contributed by atoms with Crippen LogP contribution in [0.4, 0.5) is 0 Å². The van der Waals surface area contributed by atoms with E-state index in [0.29, 0.717) is 12.0 Å². The van der Waals surface area contributed by atoms with Crippen molar-refractivity contribution in [1.29, 1.82) is 0 Å². The molecule has 0 aromatic carbocycles. The second-order valence-electron chi connectivity index (χ2n) is 6.12. The van der Waals surface area contributed by atoms with E-state index in [0.717, 1.165) is 30.6 Å². The lowest BCUT2D eigenvalue weighted by Crippen LogP contribution is -2.54. The molecule has 3 atom stereocenters. The Bertz CT molecular complexity index is 409. The molecule has 118 valence electrons. The lowest BCUT2D eigenvalue weighted by atomic mass is 10.0. The van der Waals surface area contributed by atoms with E-state index in [1.165, 1.54) is 12.8 Å². The minimum absolute atomic E-state index is 0.246. The van der Waals surface area contributed by atoms with E-state index in [-0.39, 0.29) is 11.1 Å². The maximum absolute atomic E-state index is 12.3. The van der Waals surface area contributed by atoms with Gasteiger partial charge >= 0.3 is 0 Å². The Morgan fingerprint density at radius 2 is 2.05 bits per heavy atom. The summed E-state index contributed by atoms with van der Waals surface area (Å²) in [5.74, 6) is 2.50. The second-order valence-corrected chi connectivity index (χ2v) is 9.72. The van der Waals surface area contributed by atoms with Crippen LogP contribution in [0.25, 0.3) is 0 Å². The average molecular weight is 321 g/mol. The summed E-state index contributed by atoms with van der Waals surface area (Å²) in [6.07, 6.45) is 2.60. The second kappa shape index (κ2) is 6.99. The summed E-state index contributed by atoms with van der Waals surface area (Å²) in [5, 5.41) is 3.28. The van der Waals surface area contributed by atoms with E-state index in [2.05, 4.69) is 24.1 Å². The molecular formula is C14H28N2O2S2. The van der Waals surface area contributed by atoms with Gasteiger partial charge < -0.3 is 5.32 Å². The standard InChI is InChI=1S/C14H28N2O2S2/c1-4-20(17,18)14-10-19-8-7-16(14)12(3)11(2)9-15-13-5-6-13/h11-15H,4-10H2,1-3H3. The molecule has 1 aliphatic carbocycles. The maximum atomic E-state index is 12.3. The van der Waals surface area contributed by atoms with Gasteiger partial charge in [0.25, 0.3) is 0 Å². The van der Waals surface area contributed by atoms with E-state index >= 15 is 0 Å². The smallest absolute Gasteiger partial charge is 0.166 e. The Kier molecular flexibility index (Phi) is 5.79. The van der Waals surface area contributed by atoms with Gasteiger partial charge in [-0.2, -0.15) is 11.8 Å². The molecule has 0 spiro atoms. The molecular weight excluding hydrogens is 292 g/mol. The quantitative estimate of drug-likeness (QED) is 0.772. The average Bonchev–Trinajstić information content (AvgIpc) is 3.28. The number of thioether (sulfide) groups is 1. The lowest BCUT2D eigenvalue weighted by molar-refractivity contribution is 0.155. The van der Waals surface area contributed by atoms with Crippen molar-refractivity contribution in [1.82, 2.24) is 10.2 Å². The van der Waals surface area contributed by atoms with Crippen molar-refractivity contribution in [3.63, 3.8) is 0 Å². The van der Waals surface area contributed by atoms with Crippen molar-refractivity contribution in [2.75, 3.05) is 30.3 Å². The van der Waals surface area contributed by atoms with Crippen LogP contribution in [-0.2, 0) is 9.84 Å². The molecule has 1 saturated heterocycles. The molecule has 4 nitrogen and oxygen atoms in total. The summed E-state index contributed by atoms with van der Waals surface area (Å²) < 4.78 is 24.6. The molecule has 1 aliphatic heterocycles. The molecule has 2 aliphatic rings. The first-order chi connectivity index (χ1) is 9.45.